The molecule has 1 N–H and O–H groups in total. The summed E-state index contributed by atoms with van der Waals surface area (Å²) < 4.78 is 15.9. The second kappa shape index (κ2) is 7.67. The first-order valence-electron chi connectivity index (χ1n) is 8.49. The molecular formula is C20H19N3O3S. The molecule has 0 amide bonds. The third kappa shape index (κ3) is 4.03. The van der Waals surface area contributed by atoms with Gasteiger partial charge in [0.05, 0.1) is 12.8 Å². The standard InChI is InChI=1S/C20H19N3O3S/c1-13(9-14-3-8-18-19(10-14)26-12-25-18)22-23-20-21-17(11-27-20)15-4-6-16(24-2)7-5-15/h3-8,10-11H,9,12H2,1-2H3,(H,21,23). The SMILES string of the molecule is COc1ccc(-c2csc(NN=C(C)Cc3ccc4c(c3)OCO4)n2)cc1. The number of hydrogen-bond donors (Lipinski definition) is 1. The smallest absolute Gasteiger partial charge is 0.231 e. The molecule has 0 bridgehead atoms. The zero-order valence-corrected chi connectivity index (χ0v) is 15.9. The van der Waals surface area contributed by atoms with Crippen LogP contribution in [0.25, 0.3) is 11.3 Å². The van der Waals surface area contributed by atoms with E-state index in [4.69, 9.17) is 14.2 Å². The van der Waals surface area contributed by atoms with Crippen LogP contribution < -0.4 is 19.6 Å². The van der Waals surface area contributed by atoms with Gasteiger partial charge in [-0.2, -0.15) is 5.10 Å². The molecule has 1 aromatic heterocycles. The van der Waals surface area contributed by atoms with Crippen molar-refractivity contribution in [3.63, 3.8) is 0 Å². The Balaban J connectivity index is 1.39. The molecule has 138 valence electrons. The van der Waals surface area contributed by atoms with Crippen LogP contribution >= 0.6 is 11.3 Å². The number of thiazole rings is 1. The zero-order valence-electron chi connectivity index (χ0n) is 15.1. The van der Waals surface area contributed by atoms with E-state index in [1.807, 2.05) is 54.8 Å². The maximum atomic E-state index is 5.42. The number of benzene rings is 2. The summed E-state index contributed by atoms with van der Waals surface area (Å²) in [4.78, 5) is 4.59. The second-order valence-electron chi connectivity index (χ2n) is 6.09. The Morgan fingerprint density at radius 2 is 2.00 bits per heavy atom. The first-order valence-corrected chi connectivity index (χ1v) is 9.37. The lowest BCUT2D eigenvalue weighted by molar-refractivity contribution is 0.174. The van der Waals surface area contributed by atoms with Gasteiger partial charge in [0, 0.05) is 23.1 Å². The van der Waals surface area contributed by atoms with E-state index in [2.05, 4.69) is 15.5 Å². The summed E-state index contributed by atoms with van der Waals surface area (Å²) in [5, 5.41) is 7.20. The Hall–Kier alpha value is -3.06. The van der Waals surface area contributed by atoms with Crippen molar-refractivity contribution in [2.45, 2.75) is 13.3 Å². The number of methoxy groups -OCH3 is 1. The highest BCUT2D eigenvalue weighted by Gasteiger charge is 2.13. The van der Waals surface area contributed by atoms with E-state index < -0.39 is 0 Å². The molecule has 4 rings (SSSR count). The van der Waals surface area contributed by atoms with E-state index in [1.165, 1.54) is 11.3 Å². The number of hydrogen-bond acceptors (Lipinski definition) is 7. The van der Waals surface area contributed by atoms with Crippen LogP contribution in [0.4, 0.5) is 5.13 Å². The minimum absolute atomic E-state index is 0.286. The monoisotopic (exact) mass is 381 g/mol. The van der Waals surface area contributed by atoms with E-state index >= 15 is 0 Å². The van der Waals surface area contributed by atoms with Gasteiger partial charge in [-0.05, 0) is 48.9 Å². The van der Waals surface area contributed by atoms with Crippen molar-refractivity contribution in [1.29, 1.82) is 0 Å². The van der Waals surface area contributed by atoms with Gasteiger partial charge in [0.2, 0.25) is 11.9 Å². The van der Waals surface area contributed by atoms with Crippen molar-refractivity contribution < 1.29 is 14.2 Å². The largest absolute Gasteiger partial charge is 0.497 e. The van der Waals surface area contributed by atoms with Crippen LogP contribution in [0.5, 0.6) is 17.2 Å². The number of nitrogens with one attached hydrogen (secondary N) is 1. The fraction of sp³-hybridized carbons (Fsp3) is 0.200. The number of anilines is 1. The predicted molar refractivity (Wildman–Crippen MR) is 107 cm³/mol. The summed E-state index contributed by atoms with van der Waals surface area (Å²) in [7, 11) is 1.66. The molecule has 0 atom stereocenters. The van der Waals surface area contributed by atoms with E-state index in [0.29, 0.717) is 0 Å². The number of nitrogens with zero attached hydrogens (tertiary/aromatic N) is 2. The summed E-state index contributed by atoms with van der Waals surface area (Å²) in [6.45, 7) is 2.27. The van der Waals surface area contributed by atoms with Gasteiger partial charge in [0.25, 0.3) is 0 Å². The molecule has 1 aliphatic heterocycles. The van der Waals surface area contributed by atoms with E-state index in [-0.39, 0.29) is 6.79 Å². The molecule has 0 fully saturated rings. The molecule has 6 nitrogen and oxygen atoms in total. The molecule has 7 heteroatoms. The molecular weight excluding hydrogens is 362 g/mol. The van der Waals surface area contributed by atoms with Crippen molar-refractivity contribution in [1.82, 2.24) is 4.98 Å². The Bertz CT molecular complexity index is 967. The molecule has 0 radical (unpaired) electrons. The Morgan fingerprint density at radius 1 is 1.19 bits per heavy atom. The highest BCUT2D eigenvalue weighted by Crippen LogP contribution is 2.32. The fourth-order valence-electron chi connectivity index (χ4n) is 2.75. The number of ether oxygens (including phenoxy) is 3. The average molecular weight is 381 g/mol. The molecule has 0 aliphatic carbocycles. The van der Waals surface area contributed by atoms with Gasteiger partial charge >= 0.3 is 0 Å². The maximum Gasteiger partial charge on any atom is 0.231 e. The van der Waals surface area contributed by atoms with Gasteiger partial charge in [-0.15, -0.1) is 11.3 Å². The van der Waals surface area contributed by atoms with Crippen LogP contribution in [0, 0.1) is 0 Å². The molecule has 3 aromatic rings. The molecule has 0 spiro atoms. The number of fused-ring (bicyclic) bond motifs is 1. The number of rotatable bonds is 6. The zero-order chi connectivity index (χ0) is 18.6. The molecule has 0 saturated carbocycles. The maximum absolute atomic E-state index is 5.42. The third-order valence-electron chi connectivity index (χ3n) is 4.13. The molecule has 2 heterocycles. The van der Waals surface area contributed by atoms with Gasteiger partial charge in [0.15, 0.2) is 11.5 Å². The average Bonchev–Trinajstić information content (AvgIpc) is 3.35. The quantitative estimate of drug-likeness (QED) is 0.500. The highest BCUT2D eigenvalue weighted by atomic mass is 32.1. The summed E-state index contributed by atoms with van der Waals surface area (Å²) in [5.41, 5.74) is 7.08. The third-order valence-corrected chi connectivity index (χ3v) is 4.88. The molecule has 27 heavy (non-hydrogen) atoms. The predicted octanol–water partition coefficient (Wildman–Crippen LogP) is 4.58. The second-order valence-corrected chi connectivity index (χ2v) is 6.95. The molecule has 1 aliphatic rings. The van der Waals surface area contributed by atoms with Crippen molar-refractivity contribution in [3.8, 4) is 28.5 Å². The van der Waals surface area contributed by atoms with Gasteiger partial charge in [-0.3, -0.25) is 5.43 Å². The lowest BCUT2D eigenvalue weighted by Crippen LogP contribution is -2.01. The molecule has 0 unspecified atom stereocenters. The van der Waals surface area contributed by atoms with Crippen LogP contribution in [0.3, 0.4) is 0 Å². The number of aromatic nitrogens is 1. The van der Waals surface area contributed by atoms with Crippen LogP contribution in [0.15, 0.2) is 52.9 Å². The van der Waals surface area contributed by atoms with Crippen molar-refractivity contribution in [3.05, 3.63) is 53.4 Å². The van der Waals surface area contributed by atoms with E-state index in [0.717, 1.165) is 51.3 Å². The summed E-state index contributed by atoms with van der Waals surface area (Å²) in [5.74, 6) is 2.41. The first-order chi connectivity index (χ1) is 13.2. The van der Waals surface area contributed by atoms with E-state index in [1.54, 1.807) is 7.11 Å². The van der Waals surface area contributed by atoms with Gasteiger partial charge in [-0.25, -0.2) is 4.98 Å². The minimum atomic E-state index is 0.286. The van der Waals surface area contributed by atoms with Crippen LogP contribution in [-0.2, 0) is 6.42 Å². The summed E-state index contributed by atoms with van der Waals surface area (Å²) in [6, 6.07) is 13.8. The van der Waals surface area contributed by atoms with E-state index in [9.17, 15) is 0 Å². The van der Waals surface area contributed by atoms with Gasteiger partial charge < -0.3 is 14.2 Å². The van der Waals surface area contributed by atoms with Crippen LogP contribution in [0.1, 0.15) is 12.5 Å². The normalized spacial score (nSPS) is 12.9. The molecule has 0 saturated heterocycles. The summed E-state index contributed by atoms with van der Waals surface area (Å²) >= 11 is 1.52. The highest BCUT2D eigenvalue weighted by molar-refractivity contribution is 7.14. The summed E-state index contributed by atoms with van der Waals surface area (Å²) in [6.07, 6.45) is 0.723. The lowest BCUT2D eigenvalue weighted by Gasteiger charge is -2.03. The lowest BCUT2D eigenvalue weighted by atomic mass is 10.1. The van der Waals surface area contributed by atoms with Gasteiger partial charge in [0.1, 0.15) is 5.75 Å². The van der Waals surface area contributed by atoms with Crippen molar-refractivity contribution >= 4 is 22.2 Å². The van der Waals surface area contributed by atoms with Gasteiger partial charge in [-0.1, -0.05) is 6.07 Å². The fourth-order valence-corrected chi connectivity index (χ4v) is 3.41. The Kier molecular flexibility index (Phi) is 4.93. The van der Waals surface area contributed by atoms with Crippen LogP contribution in [0.2, 0.25) is 0 Å². The Labute approximate surface area is 161 Å². The van der Waals surface area contributed by atoms with Crippen molar-refractivity contribution in [2.24, 2.45) is 5.10 Å². The minimum Gasteiger partial charge on any atom is -0.497 e. The number of hydrazone groups is 1. The molecule has 2 aromatic carbocycles. The first kappa shape index (κ1) is 17.4. The van der Waals surface area contributed by atoms with Crippen LogP contribution in [-0.4, -0.2) is 24.6 Å². The topological polar surface area (TPSA) is 65.0 Å². The van der Waals surface area contributed by atoms with Crippen molar-refractivity contribution in [2.75, 3.05) is 19.3 Å². The Morgan fingerprint density at radius 3 is 2.81 bits per heavy atom.